The number of hydrogen-bond donors (Lipinski definition) is 2. The zero-order chi connectivity index (χ0) is 21.3. The van der Waals surface area contributed by atoms with Crippen LogP contribution in [-0.4, -0.2) is 24.8 Å². The number of benzene rings is 2. The summed E-state index contributed by atoms with van der Waals surface area (Å²) in [6.45, 7) is 3.42. The van der Waals surface area contributed by atoms with Crippen molar-refractivity contribution in [1.29, 1.82) is 0 Å². The minimum absolute atomic E-state index is 0.00112. The number of rotatable bonds is 3. The minimum Gasteiger partial charge on any atom is -0.392 e. The van der Waals surface area contributed by atoms with Crippen LogP contribution in [0.3, 0.4) is 0 Å². The van der Waals surface area contributed by atoms with Crippen molar-refractivity contribution in [1.82, 2.24) is 14.6 Å². The van der Waals surface area contributed by atoms with Crippen LogP contribution in [0.15, 0.2) is 60.8 Å². The second-order valence-electron chi connectivity index (χ2n) is 7.49. The Bertz CT molecular complexity index is 1260. The normalized spacial score (nSPS) is 11.4. The van der Waals surface area contributed by atoms with E-state index in [4.69, 9.17) is 16.6 Å². The van der Waals surface area contributed by atoms with E-state index >= 15 is 0 Å². The van der Waals surface area contributed by atoms with Crippen molar-refractivity contribution in [2.45, 2.75) is 26.1 Å². The molecule has 0 aliphatic carbocycles. The number of nitrogens with zero attached hydrogens (tertiary/aromatic N) is 3. The molecule has 0 radical (unpaired) electrons. The van der Waals surface area contributed by atoms with Gasteiger partial charge in [-0.3, -0.25) is 0 Å². The SMILES string of the molecule is CC(C)(O)c1cc(-c2ccc(Cl)cc2)nc2c(C#Cc3ccc(CO)cc3)cnn12. The number of aliphatic hydroxyl groups excluding tert-OH is 1. The van der Waals surface area contributed by atoms with E-state index in [0.717, 1.165) is 16.7 Å². The summed E-state index contributed by atoms with van der Waals surface area (Å²) < 4.78 is 1.62. The smallest absolute Gasteiger partial charge is 0.171 e. The first kappa shape index (κ1) is 20.1. The quantitative estimate of drug-likeness (QED) is 0.491. The van der Waals surface area contributed by atoms with Crippen LogP contribution in [0.4, 0.5) is 0 Å². The molecule has 2 N–H and O–H groups in total. The molecule has 4 rings (SSSR count). The van der Waals surface area contributed by atoms with Crippen LogP contribution in [0.5, 0.6) is 0 Å². The lowest BCUT2D eigenvalue weighted by Crippen LogP contribution is -2.21. The summed E-state index contributed by atoms with van der Waals surface area (Å²) in [5.41, 5.74) is 3.95. The van der Waals surface area contributed by atoms with Crippen LogP contribution in [0.1, 0.15) is 36.2 Å². The Labute approximate surface area is 179 Å². The Morgan fingerprint density at radius 3 is 2.37 bits per heavy atom. The van der Waals surface area contributed by atoms with Crippen LogP contribution in [0.2, 0.25) is 5.02 Å². The van der Waals surface area contributed by atoms with Crippen molar-refractivity contribution in [3.63, 3.8) is 0 Å². The number of fused-ring (bicyclic) bond motifs is 1. The van der Waals surface area contributed by atoms with Crippen molar-refractivity contribution in [3.05, 3.63) is 88.2 Å². The standard InChI is InChI=1S/C24H20ClN3O2/c1-24(2,30)22-13-21(18-9-11-20(25)12-10-18)27-23-19(14-26-28(22)23)8-7-16-3-5-17(15-29)6-4-16/h3-6,9-14,29-30H,15H2,1-2H3. The summed E-state index contributed by atoms with van der Waals surface area (Å²) in [4.78, 5) is 4.76. The molecule has 6 heteroatoms. The highest BCUT2D eigenvalue weighted by molar-refractivity contribution is 6.30. The van der Waals surface area contributed by atoms with E-state index < -0.39 is 5.60 Å². The molecule has 0 amide bonds. The molecular formula is C24H20ClN3O2. The van der Waals surface area contributed by atoms with E-state index in [1.807, 2.05) is 42.5 Å². The summed E-state index contributed by atoms with van der Waals surface area (Å²) in [7, 11) is 0. The Balaban J connectivity index is 1.85. The molecule has 5 nitrogen and oxygen atoms in total. The molecule has 2 heterocycles. The van der Waals surface area contributed by atoms with Gasteiger partial charge in [0.15, 0.2) is 5.65 Å². The topological polar surface area (TPSA) is 70.7 Å². The lowest BCUT2D eigenvalue weighted by molar-refractivity contribution is 0.0714. The summed E-state index contributed by atoms with van der Waals surface area (Å²) in [5.74, 6) is 6.24. The van der Waals surface area contributed by atoms with E-state index in [0.29, 0.717) is 27.6 Å². The second-order valence-corrected chi connectivity index (χ2v) is 7.93. The second kappa shape index (κ2) is 7.92. The summed E-state index contributed by atoms with van der Waals surface area (Å²) >= 11 is 6.02. The average molecular weight is 418 g/mol. The van der Waals surface area contributed by atoms with Crippen molar-refractivity contribution < 1.29 is 10.2 Å². The van der Waals surface area contributed by atoms with Gasteiger partial charge in [0.2, 0.25) is 0 Å². The maximum Gasteiger partial charge on any atom is 0.171 e. The Morgan fingerprint density at radius 1 is 1.03 bits per heavy atom. The molecule has 150 valence electrons. The first-order chi connectivity index (χ1) is 14.3. The molecule has 0 saturated carbocycles. The van der Waals surface area contributed by atoms with Gasteiger partial charge in [-0.25, -0.2) is 9.50 Å². The Hall–Kier alpha value is -3.17. The third kappa shape index (κ3) is 4.07. The fourth-order valence-electron chi connectivity index (χ4n) is 3.09. The molecule has 0 aliphatic heterocycles. The highest BCUT2D eigenvalue weighted by Gasteiger charge is 2.23. The molecule has 0 atom stereocenters. The highest BCUT2D eigenvalue weighted by Crippen LogP contribution is 2.27. The van der Waals surface area contributed by atoms with Crippen LogP contribution in [0.25, 0.3) is 16.9 Å². The molecule has 0 fully saturated rings. The van der Waals surface area contributed by atoms with Crippen molar-refractivity contribution >= 4 is 17.2 Å². The summed E-state index contributed by atoms with van der Waals surface area (Å²) in [5, 5.41) is 24.9. The molecule has 0 bridgehead atoms. The third-order valence-corrected chi connectivity index (χ3v) is 4.97. The van der Waals surface area contributed by atoms with Crippen LogP contribution in [-0.2, 0) is 12.2 Å². The van der Waals surface area contributed by atoms with Crippen LogP contribution in [0, 0.1) is 11.8 Å². The maximum atomic E-state index is 10.7. The number of aromatic nitrogens is 3. The lowest BCUT2D eigenvalue weighted by Gasteiger charge is -2.19. The number of hydrogen-bond acceptors (Lipinski definition) is 4. The van der Waals surface area contributed by atoms with E-state index in [9.17, 15) is 10.2 Å². The molecule has 4 aromatic rings. The predicted octanol–water partition coefficient (Wildman–Crippen LogP) is 4.17. The van der Waals surface area contributed by atoms with Gasteiger partial charge in [-0.2, -0.15) is 5.10 Å². The predicted molar refractivity (Wildman–Crippen MR) is 117 cm³/mol. The van der Waals surface area contributed by atoms with Gasteiger partial charge in [-0.1, -0.05) is 47.7 Å². The number of aliphatic hydroxyl groups is 2. The van der Waals surface area contributed by atoms with Crippen molar-refractivity contribution in [3.8, 4) is 23.1 Å². The fourth-order valence-corrected chi connectivity index (χ4v) is 3.21. The van der Waals surface area contributed by atoms with Gasteiger partial charge in [0.1, 0.15) is 5.60 Å². The highest BCUT2D eigenvalue weighted by atomic mass is 35.5. The summed E-state index contributed by atoms with van der Waals surface area (Å²) in [6.07, 6.45) is 1.65. The Kier molecular flexibility index (Phi) is 5.31. The van der Waals surface area contributed by atoms with Crippen LogP contribution >= 0.6 is 11.6 Å². The van der Waals surface area contributed by atoms with Gasteiger partial charge in [0.25, 0.3) is 0 Å². The van der Waals surface area contributed by atoms with Gasteiger partial charge < -0.3 is 10.2 Å². The van der Waals surface area contributed by atoms with Gasteiger partial charge in [0, 0.05) is 16.1 Å². The fraction of sp³-hybridized carbons (Fsp3) is 0.167. The van der Waals surface area contributed by atoms with E-state index in [1.165, 1.54) is 0 Å². The molecule has 0 spiro atoms. The molecule has 0 saturated heterocycles. The zero-order valence-corrected chi connectivity index (χ0v) is 17.4. The third-order valence-electron chi connectivity index (χ3n) is 4.72. The molecular weight excluding hydrogens is 398 g/mol. The van der Waals surface area contributed by atoms with Crippen LogP contribution < -0.4 is 0 Å². The molecule has 0 aliphatic rings. The van der Waals surface area contributed by atoms with Gasteiger partial charge >= 0.3 is 0 Å². The lowest BCUT2D eigenvalue weighted by atomic mass is 10.0. The van der Waals surface area contributed by atoms with Crippen molar-refractivity contribution in [2.75, 3.05) is 0 Å². The molecule has 2 aromatic heterocycles. The van der Waals surface area contributed by atoms with E-state index in [-0.39, 0.29) is 6.61 Å². The van der Waals surface area contributed by atoms with Gasteiger partial charge in [0.05, 0.1) is 29.8 Å². The minimum atomic E-state index is -1.13. The van der Waals surface area contributed by atoms with E-state index in [1.54, 1.807) is 36.7 Å². The number of halogens is 1. The first-order valence-electron chi connectivity index (χ1n) is 9.44. The van der Waals surface area contributed by atoms with E-state index in [2.05, 4.69) is 16.9 Å². The van der Waals surface area contributed by atoms with Crippen molar-refractivity contribution in [2.24, 2.45) is 0 Å². The maximum absolute atomic E-state index is 10.7. The molecule has 2 aromatic carbocycles. The largest absolute Gasteiger partial charge is 0.392 e. The van der Waals surface area contributed by atoms with Gasteiger partial charge in [-0.05, 0) is 49.7 Å². The zero-order valence-electron chi connectivity index (χ0n) is 16.6. The monoisotopic (exact) mass is 417 g/mol. The first-order valence-corrected chi connectivity index (χ1v) is 9.82. The summed E-state index contributed by atoms with van der Waals surface area (Å²) in [6, 6.07) is 16.6. The van der Waals surface area contributed by atoms with Gasteiger partial charge in [-0.15, -0.1) is 0 Å². The average Bonchev–Trinajstić information content (AvgIpc) is 3.14. The Morgan fingerprint density at radius 2 is 1.73 bits per heavy atom. The molecule has 0 unspecified atom stereocenters. The molecule has 30 heavy (non-hydrogen) atoms.